The number of benzene rings is 2. The van der Waals surface area contributed by atoms with Gasteiger partial charge in [0.15, 0.2) is 0 Å². The Morgan fingerprint density at radius 1 is 0.654 bits per heavy atom. The Morgan fingerprint density at radius 2 is 1.04 bits per heavy atom. The molecule has 2 aliphatic heterocycles. The molecule has 4 heteroatoms. The molecule has 4 nitrogen and oxygen atoms in total. The van der Waals surface area contributed by atoms with E-state index in [1.54, 1.807) is 0 Å². The van der Waals surface area contributed by atoms with Gasteiger partial charge in [-0.25, -0.2) is 0 Å². The lowest BCUT2D eigenvalue weighted by Gasteiger charge is -2.30. The van der Waals surface area contributed by atoms with Crippen LogP contribution < -0.4 is 10.6 Å². The maximum absolute atomic E-state index is 5.71. The van der Waals surface area contributed by atoms with E-state index in [2.05, 4.69) is 73.0 Å². The summed E-state index contributed by atoms with van der Waals surface area (Å²) in [5.41, 5.74) is 2.53. The third-order valence-electron chi connectivity index (χ3n) is 4.90. The van der Waals surface area contributed by atoms with E-state index in [0.29, 0.717) is 12.1 Å². The molecule has 0 spiro atoms. The molecule has 2 fully saturated rings. The van der Waals surface area contributed by atoms with Crippen LogP contribution in [0.2, 0.25) is 0 Å². The third-order valence-corrected chi connectivity index (χ3v) is 4.90. The van der Waals surface area contributed by atoms with Gasteiger partial charge in [0.05, 0.1) is 25.4 Å². The summed E-state index contributed by atoms with van der Waals surface area (Å²) >= 11 is 0. The smallest absolute Gasteiger partial charge is 0.0975 e. The molecule has 4 rings (SSSR count). The molecule has 0 aliphatic carbocycles. The van der Waals surface area contributed by atoms with Gasteiger partial charge in [0, 0.05) is 25.2 Å². The Bertz CT molecular complexity index is 578. The summed E-state index contributed by atoms with van der Waals surface area (Å²) in [6.07, 6.45) is 0.435. The average molecular weight is 354 g/mol. The van der Waals surface area contributed by atoms with Crippen LogP contribution in [-0.2, 0) is 9.47 Å². The Kier molecular flexibility index (Phi) is 7.21. The highest BCUT2D eigenvalue weighted by Gasteiger charge is 2.23. The van der Waals surface area contributed by atoms with Gasteiger partial charge < -0.3 is 20.1 Å². The average Bonchev–Trinajstić information content (AvgIpc) is 2.71. The van der Waals surface area contributed by atoms with Crippen molar-refractivity contribution in [3.63, 3.8) is 0 Å². The molecule has 2 N–H and O–H groups in total. The Labute approximate surface area is 156 Å². The predicted octanol–water partition coefficient (Wildman–Crippen LogP) is 3.47. The van der Waals surface area contributed by atoms with Gasteiger partial charge in [-0.3, -0.25) is 0 Å². The van der Waals surface area contributed by atoms with Crippen LogP contribution in [0, 0.1) is 0 Å². The summed E-state index contributed by atoms with van der Waals surface area (Å²) in [5, 5.41) is 6.81. The quantitative estimate of drug-likeness (QED) is 0.867. The van der Waals surface area contributed by atoms with Crippen molar-refractivity contribution < 1.29 is 9.47 Å². The van der Waals surface area contributed by atoms with Crippen molar-refractivity contribution in [3.05, 3.63) is 71.8 Å². The van der Waals surface area contributed by atoms with E-state index in [0.717, 1.165) is 26.3 Å². The Balaban J connectivity index is 0.000000151. The number of rotatable bonds is 2. The van der Waals surface area contributed by atoms with E-state index in [4.69, 9.17) is 9.47 Å². The highest BCUT2D eigenvalue weighted by atomic mass is 16.5. The van der Waals surface area contributed by atoms with E-state index in [-0.39, 0.29) is 12.2 Å². The molecule has 0 saturated carbocycles. The van der Waals surface area contributed by atoms with Crippen LogP contribution in [0.3, 0.4) is 0 Å². The van der Waals surface area contributed by atoms with E-state index in [9.17, 15) is 0 Å². The number of hydrogen-bond donors (Lipinski definition) is 2. The first kappa shape index (κ1) is 19.1. The summed E-state index contributed by atoms with van der Waals surface area (Å²) in [5.74, 6) is 0. The lowest BCUT2D eigenvalue weighted by Crippen LogP contribution is -2.41. The van der Waals surface area contributed by atoms with E-state index >= 15 is 0 Å². The first-order valence-electron chi connectivity index (χ1n) is 9.55. The van der Waals surface area contributed by atoms with Gasteiger partial charge in [-0.1, -0.05) is 60.7 Å². The molecule has 26 heavy (non-hydrogen) atoms. The summed E-state index contributed by atoms with van der Waals surface area (Å²) in [4.78, 5) is 0. The van der Waals surface area contributed by atoms with Crippen LogP contribution in [-0.4, -0.2) is 38.4 Å². The van der Waals surface area contributed by atoms with Crippen molar-refractivity contribution in [2.24, 2.45) is 0 Å². The van der Waals surface area contributed by atoms with Crippen molar-refractivity contribution in [2.45, 2.75) is 38.1 Å². The first-order valence-corrected chi connectivity index (χ1v) is 9.55. The molecule has 2 aromatic carbocycles. The number of ether oxygens (including phenoxy) is 2. The number of nitrogens with one attached hydrogen (secondary N) is 2. The third kappa shape index (κ3) is 5.15. The summed E-state index contributed by atoms with van der Waals surface area (Å²) in [7, 11) is 0. The zero-order chi connectivity index (χ0) is 18.2. The second kappa shape index (κ2) is 9.83. The van der Waals surface area contributed by atoms with Crippen LogP contribution in [0.5, 0.6) is 0 Å². The number of hydrogen-bond acceptors (Lipinski definition) is 4. The van der Waals surface area contributed by atoms with Crippen molar-refractivity contribution in [1.29, 1.82) is 0 Å². The lowest BCUT2D eigenvalue weighted by molar-refractivity contribution is -0.000250. The van der Waals surface area contributed by atoms with Crippen LogP contribution in [0.25, 0.3) is 0 Å². The SMILES string of the molecule is CC1NCCOC1c1ccccc1.CC1NCCOC1c1ccccc1. The van der Waals surface area contributed by atoms with Gasteiger partial charge in [0.25, 0.3) is 0 Å². The molecule has 2 aromatic rings. The molecular formula is C22H30N2O2. The summed E-state index contributed by atoms with van der Waals surface area (Å²) in [6.45, 7) is 7.87. The van der Waals surface area contributed by atoms with E-state index < -0.39 is 0 Å². The fraction of sp³-hybridized carbons (Fsp3) is 0.455. The largest absolute Gasteiger partial charge is 0.371 e. The Morgan fingerprint density at radius 3 is 1.38 bits per heavy atom. The Hall–Kier alpha value is -1.72. The molecule has 2 saturated heterocycles. The highest BCUT2D eigenvalue weighted by molar-refractivity contribution is 5.20. The molecule has 0 aromatic heterocycles. The minimum Gasteiger partial charge on any atom is -0.371 e. The molecule has 4 atom stereocenters. The van der Waals surface area contributed by atoms with Gasteiger partial charge in [-0.15, -0.1) is 0 Å². The monoisotopic (exact) mass is 354 g/mol. The highest BCUT2D eigenvalue weighted by Crippen LogP contribution is 2.23. The van der Waals surface area contributed by atoms with E-state index in [1.807, 2.05) is 12.1 Å². The fourth-order valence-corrected chi connectivity index (χ4v) is 3.50. The topological polar surface area (TPSA) is 42.5 Å². The molecular weight excluding hydrogens is 324 g/mol. The maximum Gasteiger partial charge on any atom is 0.0975 e. The second-order valence-corrected chi connectivity index (χ2v) is 6.89. The molecule has 2 aliphatic rings. The summed E-state index contributed by atoms with van der Waals surface area (Å²) < 4.78 is 11.4. The number of morpholine rings is 2. The van der Waals surface area contributed by atoms with Crippen LogP contribution in [0.1, 0.15) is 37.2 Å². The van der Waals surface area contributed by atoms with Crippen molar-refractivity contribution >= 4 is 0 Å². The zero-order valence-corrected chi connectivity index (χ0v) is 15.7. The normalized spacial score (nSPS) is 28.7. The maximum atomic E-state index is 5.71. The molecule has 0 radical (unpaired) electrons. The van der Waals surface area contributed by atoms with Gasteiger partial charge in [-0.2, -0.15) is 0 Å². The fourth-order valence-electron chi connectivity index (χ4n) is 3.50. The van der Waals surface area contributed by atoms with E-state index in [1.165, 1.54) is 11.1 Å². The van der Waals surface area contributed by atoms with Crippen molar-refractivity contribution in [3.8, 4) is 0 Å². The zero-order valence-electron chi connectivity index (χ0n) is 15.7. The van der Waals surface area contributed by atoms with Gasteiger partial charge in [-0.05, 0) is 25.0 Å². The molecule has 4 unspecified atom stereocenters. The standard InChI is InChI=1S/2C11H15NO/c2*1-9-11(13-8-7-12-9)10-5-3-2-4-6-10/h2*2-6,9,11-12H,7-8H2,1H3. The molecule has 2 heterocycles. The molecule has 0 bridgehead atoms. The van der Waals surface area contributed by atoms with Crippen molar-refractivity contribution in [2.75, 3.05) is 26.3 Å². The van der Waals surface area contributed by atoms with Crippen molar-refractivity contribution in [1.82, 2.24) is 10.6 Å². The summed E-state index contributed by atoms with van der Waals surface area (Å²) in [6, 6.07) is 21.6. The molecule has 140 valence electrons. The molecule has 0 amide bonds. The van der Waals surface area contributed by atoms with Crippen LogP contribution >= 0.6 is 0 Å². The second-order valence-electron chi connectivity index (χ2n) is 6.89. The first-order chi connectivity index (χ1) is 12.8. The van der Waals surface area contributed by atoms with Gasteiger partial charge >= 0.3 is 0 Å². The van der Waals surface area contributed by atoms with Gasteiger partial charge in [0.1, 0.15) is 0 Å². The minimum atomic E-state index is 0.218. The lowest BCUT2D eigenvalue weighted by atomic mass is 10.0. The minimum absolute atomic E-state index is 0.218. The van der Waals surface area contributed by atoms with Gasteiger partial charge in [0.2, 0.25) is 0 Å². The van der Waals surface area contributed by atoms with Crippen LogP contribution in [0.4, 0.5) is 0 Å². The predicted molar refractivity (Wildman–Crippen MR) is 105 cm³/mol. The van der Waals surface area contributed by atoms with Crippen LogP contribution in [0.15, 0.2) is 60.7 Å².